The molecule has 0 radical (unpaired) electrons. The van der Waals surface area contributed by atoms with Gasteiger partial charge in [-0.15, -0.1) is 0 Å². The average molecular weight is 197 g/mol. The molecule has 1 aliphatic heterocycles. The normalized spacial score (nSPS) is 20.6. The van der Waals surface area contributed by atoms with Crippen LogP contribution in [0.3, 0.4) is 0 Å². The molecule has 0 saturated carbocycles. The molecule has 0 aliphatic carbocycles. The van der Waals surface area contributed by atoms with Gasteiger partial charge >= 0.3 is 11.9 Å². The minimum Gasteiger partial charge on any atom is -0.419 e. The number of carbonyl (C=O) groups is 2. The van der Waals surface area contributed by atoms with Gasteiger partial charge in [-0.2, -0.15) is 0 Å². The fraction of sp³-hybridized carbons (Fsp3) is 0.444. The Kier molecular flexibility index (Phi) is 2.69. The van der Waals surface area contributed by atoms with Crippen LogP contribution in [-0.4, -0.2) is 31.0 Å². The lowest BCUT2D eigenvalue weighted by Crippen LogP contribution is -2.41. The summed E-state index contributed by atoms with van der Waals surface area (Å²) >= 11 is 0. The Morgan fingerprint density at radius 2 is 1.71 bits per heavy atom. The van der Waals surface area contributed by atoms with E-state index in [0.717, 1.165) is 0 Å². The molecule has 0 aromatic rings. The van der Waals surface area contributed by atoms with Crippen molar-refractivity contribution in [2.75, 3.05) is 7.05 Å². The van der Waals surface area contributed by atoms with Crippen LogP contribution >= 0.6 is 0 Å². The largest absolute Gasteiger partial charge is 0.419 e. The van der Waals surface area contributed by atoms with Crippen molar-refractivity contribution in [3.05, 3.63) is 11.6 Å². The zero-order valence-corrected chi connectivity index (χ0v) is 8.23. The summed E-state index contributed by atoms with van der Waals surface area (Å²) in [5, 5.41) is 0. The third-order valence-corrected chi connectivity index (χ3v) is 1.51. The van der Waals surface area contributed by atoms with Crippen molar-refractivity contribution < 1.29 is 19.1 Å². The molecule has 0 unspecified atom stereocenters. The maximum absolute atomic E-state index is 11.3. The molecule has 0 spiro atoms. The minimum absolute atomic E-state index is 0.144. The summed E-state index contributed by atoms with van der Waals surface area (Å²) in [4.78, 5) is 26.2. The molecule has 0 amide bonds. The Morgan fingerprint density at radius 3 is 2.14 bits per heavy atom. The Bertz CT molecular complexity index is 306. The number of nitrogens with zero attached hydrogens (tertiary/aromatic N) is 1. The number of allylic oxidation sites excluding steroid dienone is 1. The third-order valence-electron chi connectivity index (χ3n) is 1.51. The van der Waals surface area contributed by atoms with Crippen molar-refractivity contribution in [1.29, 1.82) is 0 Å². The van der Waals surface area contributed by atoms with Gasteiger partial charge in [0.05, 0.1) is 0 Å². The molecule has 5 heteroatoms. The molecular weight excluding hydrogens is 186 g/mol. The van der Waals surface area contributed by atoms with Crippen molar-refractivity contribution >= 4 is 18.2 Å². The smallest absolute Gasteiger partial charge is 0.348 e. The van der Waals surface area contributed by atoms with E-state index in [0.29, 0.717) is 0 Å². The molecule has 14 heavy (non-hydrogen) atoms. The summed E-state index contributed by atoms with van der Waals surface area (Å²) in [7, 11) is 1.53. The van der Waals surface area contributed by atoms with E-state index < -0.39 is 17.7 Å². The number of carbonyl (C=O) groups excluding carboxylic acids is 2. The summed E-state index contributed by atoms with van der Waals surface area (Å²) in [6.45, 7) is 2.99. The zero-order valence-electron chi connectivity index (χ0n) is 8.23. The van der Waals surface area contributed by atoms with Gasteiger partial charge in [0.1, 0.15) is 5.57 Å². The number of aliphatic imine (C=N–C) groups is 1. The molecule has 1 fully saturated rings. The first-order chi connectivity index (χ1) is 6.46. The number of hydrogen-bond acceptors (Lipinski definition) is 5. The predicted molar refractivity (Wildman–Crippen MR) is 48.8 cm³/mol. The van der Waals surface area contributed by atoms with Crippen LogP contribution in [0.5, 0.6) is 0 Å². The fourth-order valence-corrected chi connectivity index (χ4v) is 0.946. The molecule has 1 heterocycles. The second-order valence-corrected chi connectivity index (χ2v) is 3.17. The summed E-state index contributed by atoms with van der Waals surface area (Å²) in [6.07, 6.45) is 2.59. The minimum atomic E-state index is -1.19. The van der Waals surface area contributed by atoms with Crippen LogP contribution < -0.4 is 0 Å². The third kappa shape index (κ3) is 2.18. The molecular formula is C9H11NO4. The van der Waals surface area contributed by atoms with E-state index in [1.165, 1.54) is 33.2 Å². The summed E-state index contributed by atoms with van der Waals surface area (Å²) in [5.74, 6) is -2.56. The number of esters is 2. The first-order valence-corrected chi connectivity index (χ1v) is 4.05. The van der Waals surface area contributed by atoms with Crippen molar-refractivity contribution in [1.82, 2.24) is 0 Å². The van der Waals surface area contributed by atoms with Crippen LogP contribution in [0.1, 0.15) is 13.8 Å². The van der Waals surface area contributed by atoms with Crippen molar-refractivity contribution in [2.24, 2.45) is 4.99 Å². The van der Waals surface area contributed by atoms with E-state index in [2.05, 4.69) is 4.99 Å². The van der Waals surface area contributed by atoms with Crippen molar-refractivity contribution in [3.63, 3.8) is 0 Å². The Morgan fingerprint density at radius 1 is 1.21 bits per heavy atom. The molecule has 0 bridgehead atoms. The second-order valence-electron chi connectivity index (χ2n) is 3.17. The fourth-order valence-electron chi connectivity index (χ4n) is 0.946. The average Bonchev–Trinajstić information content (AvgIpc) is 2.00. The molecule has 0 aromatic carbocycles. The lowest BCUT2D eigenvalue weighted by molar-refractivity contribution is -0.222. The predicted octanol–water partition coefficient (Wildman–Crippen LogP) is 0.450. The second kappa shape index (κ2) is 3.61. The van der Waals surface area contributed by atoms with Gasteiger partial charge < -0.3 is 9.47 Å². The number of ether oxygens (including phenoxy) is 2. The Labute approximate surface area is 81.4 Å². The van der Waals surface area contributed by atoms with E-state index in [1.54, 1.807) is 0 Å². The van der Waals surface area contributed by atoms with Gasteiger partial charge in [-0.05, 0) is 6.08 Å². The summed E-state index contributed by atoms with van der Waals surface area (Å²) < 4.78 is 9.68. The molecule has 1 rings (SSSR count). The topological polar surface area (TPSA) is 65.0 Å². The summed E-state index contributed by atoms with van der Waals surface area (Å²) in [5.41, 5.74) is -0.144. The van der Waals surface area contributed by atoms with E-state index in [4.69, 9.17) is 9.47 Å². The highest BCUT2D eigenvalue weighted by molar-refractivity contribution is 6.17. The zero-order chi connectivity index (χ0) is 10.8. The molecule has 0 aromatic heterocycles. The number of rotatable bonds is 1. The molecule has 5 nitrogen and oxygen atoms in total. The van der Waals surface area contributed by atoms with Crippen LogP contribution in [-0.2, 0) is 19.1 Å². The van der Waals surface area contributed by atoms with Gasteiger partial charge in [0.25, 0.3) is 5.79 Å². The van der Waals surface area contributed by atoms with Crippen LogP contribution in [0.25, 0.3) is 0 Å². The highest BCUT2D eigenvalue weighted by atomic mass is 16.7. The lowest BCUT2D eigenvalue weighted by Gasteiger charge is -2.29. The van der Waals surface area contributed by atoms with Gasteiger partial charge in [0.15, 0.2) is 0 Å². The Hall–Kier alpha value is -1.65. The molecule has 1 saturated heterocycles. The van der Waals surface area contributed by atoms with Crippen LogP contribution in [0.4, 0.5) is 0 Å². The van der Waals surface area contributed by atoms with E-state index in [-0.39, 0.29) is 5.57 Å². The van der Waals surface area contributed by atoms with Crippen molar-refractivity contribution in [2.45, 2.75) is 19.6 Å². The van der Waals surface area contributed by atoms with Gasteiger partial charge in [-0.25, -0.2) is 9.59 Å². The van der Waals surface area contributed by atoms with Gasteiger partial charge in [-0.3, -0.25) is 4.99 Å². The van der Waals surface area contributed by atoms with Crippen LogP contribution in [0.15, 0.2) is 16.6 Å². The monoisotopic (exact) mass is 197 g/mol. The SMILES string of the molecule is CN=CC=C1C(=O)OC(C)(C)OC1=O. The van der Waals surface area contributed by atoms with E-state index in [1.807, 2.05) is 0 Å². The summed E-state index contributed by atoms with van der Waals surface area (Å²) in [6, 6.07) is 0. The van der Waals surface area contributed by atoms with Gasteiger partial charge in [0, 0.05) is 27.1 Å². The van der Waals surface area contributed by atoms with Crippen LogP contribution in [0.2, 0.25) is 0 Å². The van der Waals surface area contributed by atoms with Crippen molar-refractivity contribution in [3.8, 4) is 0 Å². The number of cyclic esters (lactones) is 2. The highest BCUT2D eigenvalue weighted by Crippen LogP contribution is 2.21. The highest BCUT2D eigenvalue weighted by Gasteiger charge is 2.38. The molecule has 0 N–H and O–H groups in total. The standard InChI is InChI=1S/C9H11NO4/c1-9(2)13-7(11)6(4-5-10-3)8(12)14-9/h4-5H,1-3H3. The van der Waals surface area contributed by atoms with E-state index >= 15 is 0 Å². The van der Waals surface area contributed by atoms with E-state index in [9.17, 15) is 9.59 Å². The maximum Gasteiger partial charge on any atom is 0.348 e. The van der Waals surface area contributed by atoms with Gasteiger partial charge in [0.2, 0.25) is 0 Å². The molecule has 0 atom stereocenters. The first kappa shape index (κ1) is 10.4. The lowest BCUT2D eigenvalue weighted by atomic mass is 10.2. The first-order valence-electron chi connectivity index (χ1n) is 4.05. The Balaban J connectivity index is 2.92. The maximum atomic E-state index is 11.3. The molecule has 76 valence electrons. The molecule has 1 aliphatic rings. The quantitative estimate of drug-likeness (QED) is 0.265. The number of hydrogen-bond donors (Lipinski definition) is 0. The van der Waals surface area contributed by atoms with Gasteiger partial charge in [-0.1, -0.05) is 0 Å². The van der Waals surface area contributed by atoms with Crippen LogP contribution in [0, 0.1) is 0 Å².